The lowest BCUT2D eigenvalue weighted by atomic mass is 10.1. The Balaban J connectivity index is 1.49. The van der Waals surface area contributed by atoms with Gasteiger partial charge in [-0.1, -0.05) is 42.1 Å². The molecular weight excluding hydrogens is 396 g/mol. The number of hydrogen-bond donors (Lipinski definition) is 1. The van der Waals surface area contributed by atoms with Crippen molar-refractivity contribution >= 4 is 23.6 Å². The van der Waals surface area contributed by atoms with Gasteiger partial charge in [0.15, 0.2) is 5.16 Å². The number of para-hydroxylation sites is 1. The first-order valence-corrected chi connectivity index (χ1v) is 11.2. The summed E-state index contributed by atoms with van der Waals surface area (Å²) in [5, 5.41) is 3.72. The third-order valence-electron chi connectivity index (χ3n) is 5.18. The van der Waals surface area contributed by atoms with Crippen LogP contribution in [0.25, 0.3) is 5.69 Å². The summed E-state index contributed by atoms with van der Waals surface area (Å²) in [6, 6.07) is 17.2. The minimum Gasteiger partial charge on any atom is -0.347 e. The van der Waals surface area contributed by atoms with Crippen LogP contribution in [0.1, 0.15) is 39.3 Å². The number of rotatable bonds is 6. The van der Waals surface area contributed by atoms with Gasteiger partial charge in [0, 0.05) is 30.9 Å². The van der Waals surface area contributed by atoms with E-state index in [9.17, 15) is 9.59 Å². The molecule has 1 saturated heterocycles. The Morgan fingerprint density at radius 2 is 1.83 bits per heavy atom. The monoisotopic (exact) mass is 420 g/mol. The van der Waals surface area contributed by atoms with Gasteiger partial charge >= 0.3 is 0 Å². The molecule has 0 aliphatic carbocycles. The number of carbonyl (C=O) groups excluding carboxylic acids is 2. The molecule has 0 spiro atoms. The summed E-state index contributed by atoms with van der Waals surface area (Å²) in [4.78, 5) is 31.8. The van der Waals surface area contributed by atoms with Crippen molar-refractivity contribution < 1.29 is 9.59 Å². The molecule has 7 heteroatoms. The molecule has 1 N–H and O–H groups in total. The zero-order valence-electron chi connectivity index (χ0n) is 16.9. The quantitative estimate of drug-likeness (QED) is 0.617. The molecule has 154 valence electrons. The Labute approximate surface area is 180 Å². The van der Waals surface area contributed by atoms with Crippen molar-refractivity contribution in [2.45, 2.75) is 24.5 Å². The van der Waals surface area contributed by atoms with Gasteiger partial charge in [-0.25, -0.2) is 4.98 Å². The van der Waals surface area contributed by atoms with E-state index in [0.29, 0.717) is 17.8 Å². The second-order valence-electron chi connectivity index (χ2n) is 7.18. The number of amides is 2. The van der Waals surface area contributed by atoms with E-state index in [-0.39, 0.29) is 11.8 Å². The van der Waals surface area contributed by atoms with Crippen molar-refractivity contribution in [3.63, 3.8) is 0 Å². The molecule has 3 aromatic rings. The van der Waals surface area contributed by atoms with Gasteiger partial charge in [0.25, 0.3) is 11.8 Å². The van der Waals surface area contributed by atoms with Gasteiger partial charge in [-0.05, 0) is 48.9 Å². The first-order chi connectivity index (χ1) is 14.7. The summed E-state index contributed by atoms with van der Waals surface area (Å²) in [5.41, 5.74) is 2.93. The second kappa shape index (κ2) is 9.17. The van der Waals surface area contributed by atoms with Crippen LogP contribution in [0.5, 0.6) is 0 Å². The van der Waals surface area contributed by atoms with Crippen molar-refractivity contribution in [1.29, 1.82) is 0 Å². The number of nitrogens with zero attached hydrogens (tertiary/aromatic N) is 3. The van der Waals surface area contributed by atoms with Crippen molar-refractivity contribution in [3.8, 4) is 5.69 Å². The summed E-state index contributed by atoms with van der Waals surface area (Å²) in [6.45, 7) is 1.98. The highest BCUT2D eigenvalue weighted by Gasteiger charge is 2.20. The zero-order chi connectivity index (χ0) is 20.9. The number of likely N-dealkylation sites (tertiary alicyclic amines) is 1. The molecule has 1 aliphatic rings. The minimum absolute atomic E-state index is 0.0624. The van der Waals surface area contributed by atoms with Crippen LogP contribution in [0.2, 0.25) is 0 Å². The molecule has 30 heavy (non-hydrogen) atoms. The van der Waals surface area contributed by atoms with E-state index in [4.69, 9.17) is 0 Å². The Morgan fingerprint density at radius 3 is 2.57 bits per heavy atom. The van der Waals surface area contributed by atoms with Gasteiger partial charge in [-0.2, -0.15) is 0 Å². The third kappa shape index (κ3) is 4.26. The van der Waals surface area contributed by atoms with Crippen LogP contribution in [0.15, 0.2) is 66.0 Å². The molecule has 0 bridgehead atoms. The third-order valence-corrected chi connectivity index (χ3v) is 5.83. The summed E-state index contributed by atoms with van der Waals surface area (Å²) in [6.07, 6.45) is 5.66. The molecule has 0 radical (unpaired) electrons. The molecule has 0 atom stereocenters. The van der Waals surface area contributed by atoms with Crippen LogP contribution in [0.4, 0.5) is 0 Å². The van der Waals surface area contributed by atoms with E-state index in [2.05, 4.69) is 10.3 Å². The van der Waals surface area contributed by atoms with E-state index in [0.717, 1.165) is 42.3 Å². The molecule has 0 unspecified atom stereocenters. The van der Waals surface area contributed by atoms with Gasteiger partial charge in [-0.3, -0.25) is 14.2 Å². The molecule has 2 aromatic carbocycles. The highest BCUT2D eigenvalue weighted by Crippen LogP contribution is 2.21. The molecule has 4 rings (SSSR count). The molecule has 2 heterocycles. The lowest BCUT2D eigenvalue weighted by Crippen LogP contribution is -2.28. The summed E-state index contributed by atoms with van der Waals surface area (Å²) in [5.74, 6) is -0.143. The number of hydrogen-bond acceptors (Lipinski definition) is 4. The normalized spacial score (nSPS) is 13.4. The average molecular weight is 421 g/mol. The van der Waals surface area contributed by atoms with Crippen LogP contribution < -0.4 is 5.32 Å². The lowest BCUT2D eigenvalue weighted by molar-refractivity contribution is 0.0792. The van der Waals surface area contributed by atoms with Crippen LogP contribution in [0.3, 0.4) is 0 Å². The largest absolute Gasteiger partial charge is 0.347 e. The van der Waals surface area contributed by atoms with Crippen LogP contribution in [0, 0.1) is 0 Å². The Bertz CT molecular complexity index is 1040. The minimum atomic E-state index is -0.206. The fourth-order valence-corrected chi connectivity index (χ4v) is 4.20. The Morgan fingerprint density at radius 1 is 1.07 bits per heavy atom. The number of benzene rings is 2. The van der Waals surface area contributed by atoms with E-state index in [1.807, 2.05) is 70.3 Å². The fourth-order valence-electron chi connectivity index (χ4n) is 3.66. The lowest BCUT2D eigenvalue weighted by Gasteiger charge is -2.16. The van der Waals surface area contributed by atoms with Crippen molar-refractivity contribution in [2.75, 3.05) is 19.3 Å². The highest BCUT2D eigenvalue weighted by molar-refractivity contribution is 7.98. The average Bonchev–Trinajstić information content (AvgIpc) is 3.48. The van der Waals surface area contributed by atoms with Gasteiger partial charge < -0.3 is 10.2 Å². The van der Waals surface area contributed by atoms with Gasteiger partial charge in [0.1, 0.15) is 5.69 Å². The van der Waals surface area contributed by atoms with Crippen molar-refractivity contribution in [2.24, 2.45) is 0 Å². The topological polar surface area (TPSA) is 67.2 Å². The number of imidazole rings is 1. The van der Waals surface area contributed by atoms with Crippen molar-refractivity contribution in [3.05, 3.63) is 77.6 Å². The van der Waals surface area contributed by atoms with Crippen LogP contribution in [-0.2, 0) is 6.54 Å². The SMILES string of the molecule is CSc1ncc(C(=O)NCc2cccc(C(=O)N3CCCC3)c2)n1-c1ccccc1. The van der Waals surface area contributed by atoms with E-state index in [1.165, 1.54) is 11.8 Å². The predicted molar refractivity (Wildman–Crippen MR) is 118 cm³/mol. The Kier molecular flexibility index (Phi) is 6.18. The molecule has 1 fully saturated rings. The maximum absolute atomic E-state index is 12.9. The summed E-state index contributed by atoms with van der Waals surface area (Å²) < 4.78 is 1.85. The van der Waals surface area contributed by atoms with E-state index >= 15 is 0 Å². The number of nitrogens with one attached hydrogen (secondary N) is 1. The first-order valence-electron chi connectivity index (χ1n) is 10.0. The molecule has 6 nitrogen and oxygen atoms in total. The predicted octanol–water partition coefficient (Wildman–Crippen LogP) is 3.76. The number of thioether (sulfide) groups is 1. The van der Waals surface area contributed by atoms with Gasteiger partial charge in [-0.15, -0.1) is 0 Å². The molecule has 1 aliphatic heterocycles. The van der Waals surface area contributed by atoms with E-state index < -0.39 is 0 Å². The molecule has 1 aromatic heterocycles. The van der Waals surface area contributed by atoms with Crippen LogP contribution in [-0.4, -0.2) is 45.6 Å². The number of aromatic nitrogens is 2. The fraction of sp³-hybridized carbons (Fsp3) is 0.261. The Hall–Kier alpha value is -3.06. The zero-order valence-corrected chi connectivity index (χ0v) is 17.7. The number of carbonyl (C=O) groups is 2. The first kappa shape index (κ1) is 20.2. The second-order valence-corrected chi connectivity index (χ2v) is 7.96. The summed E-state index contributed by atoms with van der Waals surface area (Å²) >= 11 is 1.49. The standard InChI is InChI=1S/C23H24N4O2S/c1-30-23-25-16-20(27(23)19-10-3-2-4-11-19)21(28)24-15-17-8-7-9-18(14-17)22(29)26-12-5-6-13-26/h2-4,7-11,14,16H,5-6,12-13,15H2,1H3,(H,24,28). The summed E-state index contributed by atoms with van der Waals surface area (Å²) in [7, 11) is 0. The van der Waals surface area contributed by atoms with Crippen LogP contribution >= 0.6 is 11.8 Å². The molecule has 0 saturated carbocycles. The molecular formula is C23H24N4O2S. The highest BCUT2D eigenvalue weighted by atomic mass is 32.2. The van der Waals surface area contributed by atoms with Gasteiger partial charge in [0.2, 0.25) is 0 Å². The smallest absolute Gasteiger partial charge is 0.270 e. The maximum atomic E-state index is 12.9. The molecule has 2 amide bonds. The van der Waals surface area contributed by atoms with Crippen molar-refractivity contribution in [1.82, 2.24) is 19.8 Å². The van der Waals surface area contributed by atoms with Gasteiger partial charge in [0.05, 0.1) is 6.20 Å². The van der Waals surface area contributed by atoms with E-state index in [1.54, 1.807) is 6.20 Å². The maximum Gasteiger partial charge on any atom is 0.270 e.